The van der Waals surface area contributed by atoms with Crippen molar-refractivity contribution in [2.75, 3.05) is 5.73 Å². The second-order valence-electron chi connectivity index (χ2n) is 2.36. The zero-order chi connectivity index (χ0) is 10.8. The predicted molar refractivity (Wildman–Crippen MR) is 43.9 cm³/mol. The monoisotopic (exact) mass is 211 g/mol. The van der Waals surface area contributed by atoms with E-state index in [2.05, 4.69) is 35.5 Å². The number of amidine groups is 1. The smallest absolute Gasteiger partial charge is 0.263 e. The Morgan fingerprint density at radius 3 is 2.87 bits per heavy atom. The molecule has 0 bridgehead atoms. The lowest BCUT2D eigenvalue weighted by molar-refractivity contribution is 0.306. The van der Waals surface area contributed by atoms with Gasteiger partial charge in [-0.3, -0.25) is 0 Å². The number of oxime groups is 1. The summed E-state index contributed by atoms with van der Waals surface area (Å²) in [4.78, 5) is 0.944. The zero-order valence-electron chi connectivity index (χ0n) is 7.14. The number of nitrogens with zero attached hydrogens (tertiary/aromatic N) is 7. The molecule has 0 saturated heterocycles. The van der Waals surface area contributed by atoms with Crippen LogP contribution in [0.5, 0.6) is 0 Å². The van der Waals surface area contributed by atoms with Crippen LogP contribution in [-0.4, -0.2) is 41.6 Å². The molecule has 0 spiro atoms. The molecule has 0 unspecified atom stereocenters. The summed E-state index contributed by atoms with van der Waals surface area (Å²) >= 11 is 0. The van der Waals surface area contributed by atoms with Crippen molar-refractivity contribution in [3.8, 4) is 5.82 Å². The third-order valence-electron chi connectivity index (χ3n) is 1.44. The third-order valence-corrected chi connectivity index (χ3v) is 1.44. The largest absolute Gasteiger partial charge is 0.409 e. The van der Waals surface area contributed by atoms with Crippen LogP contribution >= 0.6 is 0 Å². The summed E-state index contributed by atoms with van der Waals surface area (Å²) in [5, 5.41) is 28.6. The van der Waals surface area contributed by atoms with E-state index < -0.39 is 0 Å². The van der Waals surface area contributed by atoms with Gasteiger partial charge in [-0.2, -0.15) is 0 Å². The fraction of sp³-hybridized carbons (Fsp3) is 0. The lowest BCUT2D eigenvalue weighted by atomic mass is 10.6. The average molecular weight is 211 g/mol. The molecular formula is C4H5N9O2. The van der Waals surface area contributed by atoms with Crippen LogP contribution in [0.1, 0.15) is 5.82 Å². The highest BCUT2D eigenvalue weighted by molar-refractivity contribution is 5.93. The van der Waals surface area contributed by atoms with Crippen LogP contribution in [0.2, 0.25) is 0 Å². The van der Waals surface area contributed by atoms with Crippen LogP contribution in [0, 0.1) is 0 Å². The van der Waals surface area contributed by atoms with Crippen LogP contribution < -0.4 is 11.5 Å². The van der Waals surface area contributed by atoms with Crippen molar-refractivity contribution in [2.24, 2.45) is 10.9 Å². The Morgan fingerprint density at radius 1 is 1.47 bits per heavy atom. The topological polar surface area (TPSA) is 167 Å². The molecule has 0 aliphatic heterocycles. The first-order valence-corrected chi connectivity index (χ1v) is 3.58. The van der Waals surface area contributed by atoms with E-state index in [0.29, 0.717) is 0 Å². The van der Waals surface area contributed by atoms with E-state index in [-0.39, 0.29) is 23.3 Å². The first-order valence-electron chi connectivity index (χ1n) is 3.58. The van der Waals surface area contributed by atoms with Gasteiger partial charge >= 0.3 is 0 Å². The van der Waals surface area contributed by atoms with E-state index in [1.807, 2.05) is 0 Å². The van der Waals surface area contributed by atoms with Gasteiger partial charge in [0.05, 0.1) is 0 Å². The maximum Gasteiger partial charge on any atom is 0.263 e. The second kappa shape index (κ2) is 3.21. The van der Waals surface area contributed by atoms with Crippen LogP contribution in [0.4, 0.5) is 5.82 Å². The number of aromatic nitrogens is 6. The van der Waals surface area contributed by atoms with Gasteiger partial charge in [0.25, 0.3) is 5.82 Å². The molecule has 0 atom stereocenters. The predicted octanol–water partition coefficient (Wildman–Crippen LogP) is -2.28. The molecule has 0 saturated carbocycles. The third kappa shape index (κ3) is 1.41. The van der Waals surface area contributed by atoms with E-state index >= 15 is 0 Å². The van der Waals surface area contributed by atoms with E-state index in [4.69, 9.17) is 16.7 Å². The summed E-state index contributed by atoms with van der Waals surface area (Å²) in [6, 6.07) is 0. The van der Waals surface area contributed by atoms with Crippen LogP contribution in [0.15, 0.2) is 9.78 Å². The molecule has 2 aromatic heterocycles. The highest BCUT2D eigenvalue weighted by atomic mass is 16.6. The minimum absolute atomic E-state index is 0.00143. The van der Waals surface area contributed by atoms with Crippen molar-refractivity contribution in [1.29, 1.82) is 0 Å². The number of nitrogens with two attached hydrogens (primary N) is 2. The molecule has 0 radical (unpaired) electrons. The number of hydrogen-bond acceptors (Lipinski definition) is 9. The zero-order valence-corrected chi connectivity index (χ0v) is 7.14. The molecule has 0 amide bonds. The average Bonchev–Trinajstić information content (AvgIpc) is 2.84. The summed E-state index contributed by atoms with van der Waals surface area (Å²) in [5.41, 5.74) is 10.6. The van der Waals surface area contributed by atoms with Crippen LogP contribution in [-0.2, 0) is 0 Å². The fourth-order valence-corrected chi connectivity index (χ4v) is 0.781. The Labute approximate surface area is 81.3 Å². The minimum Gasteiger partial charge on any atom is -0.409 e. The van der Waals surface area contributed by atoms with Crippen LogP contribution in [0.25, 0.3) is 5.82 Å². The number of anilines is 1. The number of nitrogen functional groups attached to an aromatic ring is 1. The van der Waals surface area contributed by atoms with Crippen LogP contribution in [0.3, 0.4) is 0 Å². The SMILES string of the molecule is N/C(=N/O)c1nnn(-c2nonc2N)n1. The lowest BCUT2D eigenvalue weighted by Gasteiger charge is -1.89. The van der Waals surface area contributed by atoms with Gasteiger partial charge < -0.3 is 16.7 Å². The van der Waals surface area contributed by atoms with Gasteiger partial charge in [-0.25, -0.2) is 4.63 Å². The molecule has 5 N–H and O–H groups in total. The Bertz CT molecular complexity index is 498. The van der Waals surface area contributed by atoms with Gasteiger partial charge in [0.1, 0.15) is 0 Å². The van der Waals surface area contributed by atoms with Crippen molar-refractivity contribution in [1.82, 2.24) is 30.5 Å². The lowest BCUT2D eigenvalue weighted by Crippen LogP contribution is -2.15. The number of tetrazole rings is 1. The summed E-state index contributed by atoms with van der Waals surface area (Å²) in [7, 11) is 0. The van der Waals surface area contributed by atoms with Gasteiger partial charge in [-0.15, -0.1) is 15.0 Å². The Balaban J connectivity index is 2.40. The quantitative estimate of drug-likeness (QED) is 0.214. The van der Waals surface area contributed by atoms with Crippen molar-refractivity contribution in [2.45, 2.75) is 0 Å². The van der Waals surface area contributed by atoms with E-state index in [1.165, 1.54) is 0 Å². The minimum atomic E-state index is -0.281. The molecule has 78 valence electrons. The molecule has 15 heavy (non-hydrogen) atoms. The second-order valence-corrected chi connectivity index (χ2v) is 2.36. The van der Waals surface area contributed by atoms with Gasteiger partial charge in [-0.1, -0.05) is 5.16 Å². The summed E-state index contributed by atoms with van der Waals surface area (Å²) < 4.78 is 4.33. The molecule has 2 heterocycles. The van der Waals surface area contributed by atoms with E-state index in [9.17, 15) is 0 Å². The van der Waals surface area contributed by atoms with Gasteiger partial charge in [-0.05, 0) is 15.5 Å². The van der Waals surface area contributed by atoms with E-state index in [0.717, 1.165) is 4.80 Å². The molecule has 11 nitrogen and oxygen atoms in total. The first-order chi connectivity index (χ1) is 7.22. The molecule has 0 aliphatic carbocycles. The molecule has 2 rings (SSSR count). The van der Waals surface area contributed by atoms with Gasteiger partial charge in [0.15, 0.2) is 0 Å². The van der Waals surface area contributed by atoms with Crippen molar-refractivity contribution < 1.29 is 9.84 Å². The highest BCUT2D eigenvalue weighted by Crippen LogP contribution is 2.07. The first kappa shape index (κ1) is 8.86. The van der Waals surface area contributed by atoms with Crippen molar-refractivity contribution in [3.63, 3.8) is 0 Å². The normalized spacial score (nSPS) is 11.9. The Hall–Kier alpha value is -2.72. The van der Waals surface area contributed by atoms with Gasteiger partial charge in [0.2, 0.25) is 17.5 Å². The fourth-order valence-electron chi connectivity index (χ4n) is 0.781. The highest BCUT2D eigenvalue weighted by Gasteiger charge is 2.14. The Kier molecular flexibility index (Phi) is 1.89. The molecule has 0 aliphatic rings. The maximum atomic E-state index is 8.36. The maximum absolute atomic E-state index is 8.36. The molecule has 11 heteroatoms. The summed E-state index contributed by atoms with van der Waals surface area (Å²) in [6.07, 6.45) is 0. The van der Waals surface area contributed by atoms with Crippen molar-refractivity contribution >= 4 is 11.7 Å². The number of hydrogen-bond donors (Lipinski definition) is 3. The summed E-state index contributed by atoms with van der Waals surface area (Å²) in [5.74, 6) is -0.283. The number of rotatable bonds is 2. The Morgan fingerprint density at radius 2 is 2.27 bits per heavy atom. The molecular weight excluding hydrogens is 206 g/mol. The molecule has 0 fully saturated rings. The van der Waals surface area contributed by atoms with Crippen molar-refractivity contribution in [3.05, 3.63) is 5.82 Å². The van der Waals surface area contributed by atoms with Gasteiger partial charge in [0, 0.05) is 0 Å². The summed E-state index contributed by atoms with van der Waals surface area (Å²) in [6.45, 7) is 0. The van der Waals surface area contributed by atoms with E-state index in [1.54, 1.807) is 0 Å². The molecule has 0 aromatic carbocycles. The standard InChI is InChI=1S/C4H5N9O2/c5-1(9-14)3-7-12-13(8-3)4-2(6)10-15-11-4/h14H,(H2,5,9)(H2,6,10). The molecule has 2 aromatic rings.